The van der Waals surface area contributed by atoms with Crippen LogP contribution in [0.15, 0.2) is 4.42 Å². The van der Waals surface area contributed by atoms with E-state index in [0.717, 1.165) is 45.3 Å². The molecule has 7 heteroatoms. The topological polar surface area (TPSA) is 97.3 Å². The van der Waals surface area contributed by atoms with Gasteiger partial charge in [-0.05, 0) is 39.3 Å². The van der Waals surface area contributed by atoms with Gasteiger partial charge < -0.3 is 15.5 Å². The van der Waals surface area contributed by atoms with E-state index in [9.17, 15) is 4.79 Å². The van der Waals surface area contributed by atoms with Gasteiger partial charge in [0.2, 0.25) is 11.8 Å². The number of hydrogen-bond acceptors (Lipinski definition) is 6. The summed E-state index contributed by atoms with van der Waals surface area (Å²) in [5.74, 6) is 0.984. The maximum atomic E-state index is 12.1. The number of nitrogen functional groups attached to an aromatic ring is 1. The number of rotatable bonds is 6. The number of hydrogen-bond donors (Lipinski definition) is 2. The number of anilines is 1. The van der Waals surface area contributed by atoms with Gasteiger partial charge in [-0.25, -0.2) is 0 Å². The van der Waals surface area contributed by atoms with E-state index in [1.54, 1.807) is 0 Å². The first-order chi connectivity index (χ1) is 10.1. The number of piperidine rings is 1. The highest BCUT2D eigenvalue weighted by Crippen LogP contribution is 2.28. The fraction of sp³-hybridized carbons (Fsp3) is 0.786. The van der Waals surface area contributed by atoms with Crippen LogP contribution in [0, 0.1) is 0 Å². The predicted octanol–water partition coefficient (Wildman–Crippen LogP) is 1.14. The molecular weight excluding hydrogens is 270 g/mol. The van der Waals surface area contributed by atoms with Gasteiger partial charge in [0.25, 0.3) is 0 Å². The van der Waals surface area contributed by atoms with Gasteiger partial charge in [-0.2, -0.15) is 0 Å². The molecule has 21 heavy (non-hydrogen) atoms. The van der Waals surface area contributed by atoms with Crippen LogP contribution in [-0.2, 0) is 4.79 Å². The van der Waals surface area contributed by atoms with Crippen LogP contribution in [0.2, 0.25) is 0 Å². The number of unbranched alkanes of at least 4 members (excludes halogenated alkanes) is 1. The average Bonchev–Trinajstić information content (AvgIpc) is 2.93. The molecule has 3 N–H and O–H groups in total. The minimum absolute atomic E-state index is 0.0874. The van der Waals surface area contributed by atoms with Crippen molar-refractivity contribution < 1.29 is 9.21 Å². The molecule has 0 aromatic carbocycles. The summed E-state index contributed by atoms with van der Waals surface area (Å²) in [5, 5.41) is 10.6. The molecule has 1 aliphatic heterocycles. The number of likely N-dealkylation sites (tertiary alicyclic amines) is 1. The smallest absolute Gasteiger partial charge is 0.312 e. The van der Waals surface area contributed by atoms with Gasteiger partial charge in [-0.1, -0.05) is 18.4 Å². The molecule has 118 valence electrons. The minimum Gasteiger partial charge on any atom is -0.408 e. The first-order valence-corrected chi connectivity index (χ1v) is 7.72. The molecule has 0 radical (unpaired) electrons. The molecular formula is C14H25N5O2. The SMILES string of the molecule is CCCCNC(=O)[C@H](C)N1CCC(c2nnc(N)o2)CC1. The summed E-state index contributed by atoms with van der Waals surface area (Å²) >= 11 is 0. The highest BCUT2D eigenvalue weighted by molar-refractivity contribution is 5.81. The van der Waals surface area contributed by atoms with Gasteiger partial charge in [0.15, 0.2) is 0 Å². The lowest BCUT2D eigenvalue weighted by molar-refractivity contribution is -0.126. The third-order valence-corrected chi connectivity index (χ3v) is 4.09. The van der Waals surface area contributed by atoms with Crippen molar-refractivity contribution in [3.63, 3.8) is 0 Å². The summed E-state index contributed by atoms with van der Waals surface area (Å²) in [6, 6.07) is 0.0339. The Kier molecular flexibility index (Phi) is 5.55. The Morgan fingerprint density at radius 1 is 1.48 bits per heavy atom. The standard InChI is InChI=1S/C14H25N5O2/c1-3-4-7-16-12(20)10(2)19-8-5-11(6-9-19)13-17-18-14(15)21-13/h10-11H,3-9H2,1-2H3,(H2,15,18)(H,16,20)/t10-/m0/s1. The molecule has 0 bridgehead atoms. The molecule has 2 rings (SSSR count). The molecule has 0 aliphatic carbocycles. The van der Waals surface area contributed by atoms with Crippen molar-refractivity contribution >= 4 is 11.9 Å². The molecule has 1 aliphatic rings. The van der Waals surface area contributed by atoms with E-state index in [0.29, 0.717) is 5.89 Å². The lowest BCUT2D eigenvalue weighted by Crippen LogP contribution is -2.48. The number of carbonyl (C=O) groups excluding carboxylic acids is 1. The van der Waals surface area contributed by atoms with E-state index in [1.165, 1.54) is 0 Å². The Balaban J connectivity index is 1.78. The largest absolute Gasteiger partial charge is 0.408 e. The van der Waals surface area contributed by atoms with Crippen LogP contribution in [-0.4, -0.2) is 46.7 Å². The molecule has 2 heterocycles. The second-order valence-corrected chi connectivity index (χ2v) is 5.61. The van der Waals surface area contributed by atoms with Crippen LogP contribution >= 0.6 is 0 Å². The first-order valence-electron chi connectivity index (χ1n) is 7.72. The van der Waals surface area contributed by atoms with E-state index in [1.807, 2.05) is 6.92 Å². The highest BCUT2D eigenvalue weighted by atomic mass is 16.4. The normalized spacial score (nSPS) is 18.6. The monoisotopic (exact) mass is 295 g/mol. The van der Waals surface area contributed by atoms with Crippen LogP contribution in [0.1, 0.15) is 51.3 Å². The fourth-order valence-corrected chi connectivity index (χ4v) is 2.65. The van der Waals surface area contributed by atoms with Crippen LogP contribution in [0.5, 0.6) is 0 Å². The lowest BCUT2D eigenvalue weighted by atomic mass is 9.96. The minimum atomic E-state index is -0.0874. The van der Waals surface area contributed by atoms with Crippen molar-refractivity contribution in [3.8, 4) is 0 Å². The van der Waals surface area contributed by atoms with Crippen molar-refractivity contribution in [1.29, 1.82) is 0 Å². The summed E-state index contributed by atoms with van der Waals surface area (Å²) in [4.78, 5) is 14.3. The van der Waals surface area contributed by atoms with E-state index >= 15 is 0 Å². The first kappa shape index (κ1) is 15.8. The zero-order valence-corrected chi connectivity index (χ0v) is 12.8. The van der Waals surface area contributed by atoms with Gasteiger partial charge >= 0.3 is 6.01 Å². The van der Waals surface area contributed by atoms with E-state index in [4.69, 9.17) is 10.2 Å². The Morgan fingerprint density at radius 3 is 2.76 bits per heavy atom. The van der Waals surface area contributed by atoms with Crippen LogP contribution in [0.3, 0.4) is 0 Å². The van der Waals surface area contributed by atoms with Crippen LogP contribution < -0.4 is 11.1 Å². The van der Waals surface area contributed by atoms with E-state index in [2.05, 4.69) is 27.3 Å². The quantitative estimate of drug-likeness (QED) is 0.764. The number of nitrogens with two attached hydrogens (primary N) is 1. The van der Waals surface area contributed by atoms with Gasteiger partial charge in [0.05, 0.1) is 6.04 Å². The average molecular weight is 295 g/mol. The number of carbonyl (C=O) groups is 1. The van der Waals surface area contributed by atoms with Crippen molar-refractivity contribution in [1.82, 2.24) is 20.4 Å². The summed E-state index contributed by atoms with van der Waals surface area (Å²) < 4.78 is 5.29. The van der Waals surface area contributed by atoms with Crippen molar-refractivity contribution in [2.75, 3.05) is 25.4 Å². The van der Waals surface area contributed by atoms with Gasteiger partial charge in [-0.15, -0.1) is 5.10 Å². The molecule has 1 aromatic heterocycles. The number of amides is 1. The molecule has 0 unspecified atom stereocenters. The predicted molar refractivity (Wildman–Crippen MR) is 79.6 cm³/mol. The van der Waals surface area contributed by atoms with Crippen molar-refractivity contribution in [2.45, 2.75) is 51.5 Å². The second kappa shape index (κ2) is 7.40. The Bertz CT molecular complexity index is 454. The Labute approximate surface area is 125 Å². The molecule has 0 saturated carbocycles. The fourth-order valence-electron chi connectivity index (χ4n) is 2.65. The number of aromatic nitrogens is 2. The summed E-state index contributed by atoms with van der Waals surface area (Å²) in [6.45, 7) is 6.55. The van der Waals surface area contributed by atoms with Gasteiger partial charge in [0.1, 0.15) is 0 Å². The molecule has 1 atom stereocenters. The van der Waals surface area contributed by atoms with Crippen LogP contribution in [0.4, 0.5) is 6.01 Å². The van der Waals surface area contributed by atoms with Gasteiger partial charge in [0, 0.05) is 12.5 Å². The molecule has 1 fully saturated rings. The zero-order valence-electron chi connectivity index (χ0n) is 12.8. The van der Waals surface area contributed by atoms with Gasteiger partial charge in [-0.3, -0.25) is 9.69 Å². The third-order valence-electron chi connectivity index (χ3n) is 4.09. The van der Waals surface area contributed by atoms with Crippen LogP contribution in [0.25, 0.3) is 0 Å². The Morgan fingerprint density at radius 2 is 2.19 bits per heavy atom. The summed E-state index contributed by atoms with van der Waals surface area (Å²) in [5.41, 5.74) is 5.45. The second-order valence-electron chi connectivity index (χ2n) is 5.61. The third kappa shape index (κ3) is 4.17. The highest BCUT2D eigenvalue weighted by Gasteiger charge is 2.29. The molecule has 7 nitrogen and oxygen atoms in total. The van der Waals surface area contributed by atoms with E-state index < -0.39 is 0 Å². The maximum Gasteiger partial charge on any atom is 0.312 e. The molecule has 1 amide bonds. The summed E-state index contributed by atoms with van der Waals surface area (Å²) in [7, 11) is 0. The van der Waals surface area contributed by atoms with Crippen molar-refractivity contribution in [3.05, 3.63) is 5.89 Å². The number of nitrogens with zero attached hydrogens (tertiary/aromatic N) is 3. The maximum absolute atomic E-state index is 12.1. The molecule has 0 spiro atoms. The lowest BCUT2D eigenvalue weighted by Gasteiger charge is -2.34. The molecule has 1 aromatic rings. The Hall–Kier alpha value is -1.63. The zero-order chi connectivity index (χ0) is 15.2. The van der Waals surface area contributed by atoms with Crippen molar-refractivity contribution in [2.24, 2.45) is 0 Å². The van der Waals surface area contributed by atoms with E-state index in [-0.39, 0.29) is 23.9 Å². The molecule has 1 saturated heterocycles. The number of nitrogens with one attached hydrogen (secondary N) is 1. The summed E-state index contributed by atoms with van der Waals surface area (Å²) in [6.07, 6.45) is 3.94.